The molecule has 0 spiro atoms. The summed E-state index contributed by atoms with van der Waals surface area (Å²) in [5.41, 5.74) is 1.54. The van der Waals surface area contributed by atoms with Crippen LogP contribution in [-0.2, 0) is 11.5 Å². The number of aromatic nitrogens is 2. The van der Waals surface area contributed by atoms with E-state index in [2.05, 4.69) is 20.2 Å². The number of benzene rings is 2. The van der Waals surface area contributed by atoms with Crippen LogP contribution in [0, 0.1) is 4.84 Å². The fourth-order valence-electron chi connectivity index (χ4n) is 3.34. The number of hydrogen-bond acceptors (Lipinski definition) is 6. The molecule has 7 nitrogen and oxygen atoms in total. The predicted octanol–water partition coefficient (Wildman–Crippen LogP) is 3.74. The lowest BCUT2D eigenvalue weighted by Crippen LogP contribution is -2.48. The summed E-state index contributed by atoms with van der Waals surface area (Å²) in [5.74, 6) is 0.416. The Morgan fingerprint density at radius 3 is 2.43 bits per heavy atom. The summed E-state index contributed by atoms with van der Waals surface area (Å²) in [7, 11) is 0. The number of halogens is 1. The molecule has 1 aliphatic rings. The van der Waals surface area contributed by atoms with Crippen molar-refractivity contribution in [1.82, 2.24) is 19.6 Å². The molecule has 0 radical (unpaired) electrons. The molecular weight excluding hydrogens is 422 g/mol. The minimum atomic E-state index is -0.00208. The van der Waals surface area contributed by atoms with Gasteiger partial charge in [0, 0.05) is 31.9 Å². The monoisotopic (exact) mass is 443 g/mol. The standard InChI is InChI=1S/C21H22ClN5O2S/c22-18-9-5-4-8-17(18)20-24-27(21(30)29-20)15-26-12-10-25(11-13-26)14-19(28)23-16-6-2-1-3-7-16/h1-9H,10-15H2,(H,23,28). The van der Waals surface area contributed by atoms with E-state index >= 15 is 0 Å². The van der Waals surface area contributed by atoms with Gasteiger partial charge in [-0.25, -0.2) is 4.68 Å². The largest absolute Gasteiger partial charge is 0.409 e. The Morgan fingerprint density at radius 2 is 1.70 bits per heavy atom. The van der Waals surface area contributed by atoms with Gasteiger partial charge >= 0.3 is 0 Å². The maximum atomic E-state index is 12.2. The number of piperazine rings is 1. The van der Waals surface area contributed by atoms with Gasteiger partial charge in [-0.3, -0.25) is 14.6 Å². The molecule has 0 aliphatic carbocycles. The number of nitrogens with one attached hydrogen (secondary N) is 1. The fraction of sp³-hybridized carbons (Fsp3) is 0.286. The number of rotatable bonds is 6. The highest BCUT2D eigenvalue weighted by atomic mass is 35.5. The zero-order valence-electron chi connectivity index (χ0n) is 16.3. The van der Waals surface area contributed by atoms with Crippen LogP contribution in [0.15, 0.2) is 59.0 Å². The van der Waals surface area contributed by atoms with Crippen molar-refractivity contribution in [3.63, 3.8) is 0 Å². The van der Waals surface area contributed by atoms with E-state index < -0.39 is 0 Å². The van der Waals surface area contributed by atoms with E-state index in [9.17, 15) is 4.79 Å². The topological polar surface area (TPSA) is 66.5 Å². The second-order valence-electron chi connectivity index (χ2n) is 7.10. The summed E-state index contributed by atoms with van der Waals surface area (Å²) < 4.78 is 7.32. The molecule has 0 bridgehead atoms. The number of nitrogens with zero attached hydrogens (tertiary/aromatic N) is 4. The van der Waals surface area contributed by atoms with Gasteiger partial charge < -0.3 is 9.73 Å². The molecule has 1 fully saturated rings. The molecule has 4 rings (SSSR count). The first-order valence-electron chi connectivity index (χ1n) is 9.71. The molecule has 0 saturated carbocycles. The van der Waals surface area contributed by atoms with Gasteiger partial charge in [0.2, 0.25) is 11.8 Å². The van der Waals surface area contributed by atoms with Crippen LogP contribution in [0.2, 0.25) is 5.02 Å². The average molecular weight is 444 g/mol. The van der Waals surface area contributed by atoms with E-state index in [0.29, 0.717) is 29.0 Å². The van der Waals surface area contributed by atoms with E-state index in [1.807, 2.05) is 48.5 Å². The number of carbonyl (C=O) groups is 1. The molecule has 0 atom stereocenters. The summed E-state index contributed by atoms with van der Waals surface area (Å²) in [6.45, 7) is 4.14. The third-order valence-corrected chi connectivity index (χ3v) is 5.56. The molecule has 1 N–H and O–H groups in total. The van der Waals surface area contributed by atoms with E-state index in [1.54, 1.807) is 10.7 Å². The molecule has 1 amide bonds. The number of anilines is 1. The van der Waals surface area contributed by atoms with Gasteiger partial charge in [0.1, 0.15) is 0 Å². The lowest BCUT2D eigenvalue weighted by Gasteiger charge is -2.33. The van der Waals surface area contributed by atoms with Gasteiger partial charge in [0.25, 0.3) is 4.84 Å². The summed E-state index contributed by atoms with van der Waals surface area (Å²) in [6, 6.07) is 16.9. The third kappa shape index (κ3) is 5.14. The van der Waals surface area contributed by atoms with Gasteiger partial charge in [-0.2, -0.15) is 0 Å². The highest BCUT2D eigenvalue weighted by Crippen LogP contribution is 2.26. The van der Waals surface area contributed by atoms with Crippen molar-refractivity contribution in [2.75, 3.05) is 38.0 Å². The molecule has 0 unspecified atom stereocenters. The molecule has 2 aromatic carbocycles. The summed E-state index contributed by atoms with van der Waals surface area (Å²) in [5, 5.41) is 7.99. The van der Waals surface area contributed by atoms with Crippen molar-refractivity contribution in [2.45, 2.75) is 6.67 Å². The van der Waals surface area contributed by atoms with Crippen LogP contribution in [0.3, 0.4) is 0 Å². The second kappa shape index (κ2) is 9.53. The van der Waals surface area contributed by atoms with Crippen LogP contribution in [0.1, 0.15) is 0 Å². The highest BCUT2D eigenvalue weighted by molar-refractivity contribution is 7.71. The lowest BCUT2D eigenvalue weighted by molar-refractivity contribution is -0.117. The number of hydrogen-bond donors (Lipinski definition) is 1. The van der Waals surface area contributed by atoms with E-state index in [0.717, 1.165) is 37.4 Å². The summed E-state index contributed by atoms with van der Waals surface area (Å²) in [6.07, 6.45) is 0. The molecule has 2 heterocycles. The van der Waals surface area contributed by atoms with Crippen LogP contribution in [0.25, 0.3) is 11.5 Å². The minimum Gasteiger partial charge on any atom is -0.409 e. The van der Waals surface area contributed by atoms with Crippen molar-refractivity contribution in [3.8, 4) is 11.5 Å². The third-order valence-electron chi connectivity index (χ3n) is 4.93. The number of carbonyl (C=O) groups excluding carboxylic acids is 1. The van der Waals surface area contributed by atoms with Crippen LogP contribution in [0.4, 0.5) is 5.69 Å². The van der Waals surface area contributed by atoms with Gasteiger partial charge in [0.15, 0.2) is 0 Å². The molecule has 1 saturated heterocycles. The zero-order valence-corrected chi connectivity index (χ0v) is 17.9. The maximum absolute atomic E-state index is 12.2. The molecule has 3 aromatic rings. The van der Waals surface area contributed by atoms with Gasteiger partial charge in [-0.1, -0.05) is 41.9 Å². The van der Waals surface area contributed by atoms with Crippen LogP contribution < -0.4 is 5.32 Å². The maximum Gasteiger partial charge on any atom is 0.288 e. The number of para-hydroxylation sites is 1. The Kier molecular flexibility index (Phi) is 6.59. The Morgan fingerprint density at radius 1 is 1.03 bits per heavy atom. The van der Waals surface area contributed by atoms with Crippen LogP contribution in [-0.4, -0.2) is 58.2 Å². The first-order valence-corrected chi connectivity index (χ1v) is 10.5. The Hall–Kier alpha value is -2.52. The number of amides is 1. The van der Waals surface area contributed by atoms with Crippen molar-refractivity contribution in [1.29, 1.82) is 0 Å². The second-order valence-corrected chi connectivity index (χ2v) is 7.86. The zero-order chi connectivity index (χ0) is 20.9. The lowest BCUT2D eigenvalue weighted by atomic mass is 10.2. The van der Waals surface area contributed by atoms with Crippen molar-refractivity contribution < 1.29 is 9.21 Å². The quantitative estimate of drug-likeness (QED) is 0.585. The smallest absolute Gasteiger partial charge is 0.288 e. The predicted molar refractivity (Wildman–Crippen MR) is 119 cm³/mol. The normalized spacial score (nSPS) is 15.2. The van der Waals surface area contributed by atoms with Gasteiger partial charge in [-0.15, -0.1) is 5.10 Å². The highest BCUT2D eigenvalue weighted by Gasteiger charge is 2.20. The molecular formula is C21H22ClN5O2S. The van der Waals surface area contributed by atoms with Gasteiger partial charge in [-0.05, 0) is 36.5 Å². The Labute approximate surface area is 184 Å². The summed E-state index contributed by atoms with van der Waals surface area (Å²) in [4.78, 5) is 16.9. The van der Waals surface area contributed by atoms with Crippen LogP contribution >= 0.6 is 23.8 Å². The molecule has 1 aliphatic heterocycles. The van der Waals surface area contributed by atoms with Crippen molar-refractivity contribution in [2.24, 2.45) is 0 Å². The Balaban J connectivity index is 1.29. The Bertz CT molecular complexity index is 1060. The minimum absolute atomic E-state index is 0.00208. The van der Waals surface area contributed by atoms with Gasteiger partial charge in [0.05, 0.1) is 23.8 Å². The van der Waals surface area contributed by atoms with E-state index in [-0.39, 0.29) is 5.91 Å². The van der Waals surface area contributed by atoms with Crippen LogP contribution in [0.5, 0.6) is 0 Å². The molecule has 1 aromatic heterocycles. The van der Waals surface area contributed by atoms with E-state index in [4.69, 9.17) is 28.2 Å². The van der Waals surface area contributed by atoms with E-state index in [1.165, 1.54) is 0 Å². The first-order chi connectivity index (χ1) is 14.6. The van der Waals surface area contributed by atoms with Crippen molar-refractivity contribution in [3.05, 3.63) is 64.5 Å². The molecule has 9 heteroatoms. The van der Waals surface area contributed by atoms with Crippen molar-refractivity contribution >= 4 is 35.4 Å². The fourth-order valence-corrected chi connectivity index (χ4v) is 3.74. The molecule has 156 valence electrons. The average Bonchev–Trinajstić information content (AvgIpc) is 3.10. The first kappa shape index (κ1) is 20.7. The summed E-state index contributed by atoms with van der Waals surface area (Å²) >= 11 is 11.6. The molecule has 30 heavy (non-hydrogen) atoms. The SMILES string of the molecule is O=C(CN1CCN(Cn2nc(-c3ccccc3Cl)oc2=S)CC1)Nc1ccccc1.